The number of rotatable bonds is 7. The van der Waals surface area contributed by atoms with Gasteiger partial charge in [0.1, 0.15) is 11.8 Å². The van der Waals surface area contributed by atoms with Crippen LogP contribution in [-0.4, -0.2) is 36.7 Å². The van der Waals surface area contributed by atoms with Gasteiger partial charge in [-0.05, 0) is 12.0 Å². The molecule has 98 valence electrons. The molecule has 0 fully saturated rings. The van der Waals surface area contributed by atoms with E-state index in [9.17, 15) is 0 Å². The predicted octanol–water partition coefficient (Wildman–Crippen LogP) is 2.06. The van der Waals surface area contributed by atoms with E-state index in [4.69, 9.17) is 10.00 Å². The van der Waals surface area contributed by atoms with E-state index in [1.807, 2.05) is 12.1 Å². The minimum absolute atomic E-state index is 0.517. The normalized spacial score (nSPS) is 10.9. The maximum Gasteiger partial charge on any atom is 0.144 e. The molecule has 0 amide bonds. The zero-order valence-electron chi connectivity index (χ0n) is 11.4. The molecule has 1 aromatic rings. The van der Waals surface area contributed by atoms with E-state index in [1.54, 1.807) is 13.3 Å². The van der Waals surface area contributed by atoms with Crippen molar-refractivity contribution >= 4 is 0 Å². The van der Waals surface area contributed by atoms with Gasteiger partial charge < -0.3 is 4.74 Å². The van der Waals surface area contributed by atoms with Crippen molar-refractivity contribution < 1.29 is 4.74 Å². The molecular weight excluding hydrogens is 226 g/mol. The van der Waals surface area contributed by atoms with Gasteiger partial charge in [0.2, 0.25) is 0 Å². The summed E-state index contributed by atoms with van der Waals surface area (Å²) in [6, 6.07) is 5.98. The van der Waals surface area contributed by atoms with Gasteiger partial charge in [0.05, 0.1) is 6.61 Å². The van der Waals surface area contributed by atoms with Crippen molar-refractivity contribution in [1.82, 2.24) is 9.88 Å². The molecule has 0 unspecified atom stereocenters. The summed E-state index contributed by atoms with van der Waals surface area (Å²) >= 11 is 0. The maximum absolute atomic E-state index is 9.03. The van der Waals surface area contributed by atoms with Crippen LogP contribution in [0.25, 0.3) is 0 Å². The minimum atomic E-state index is 0.517. The van der Waals surface area contributed by atoms with Crippen LogP contribution in [0, 0.1) is 17.2 Å². The zero-order chi connectivity index (χ0) is 13.4. The molecule has 18 heavy (non-hydrogen) atoms. The highest BCUT2D eigenvalue weighted by molar-refractivity contribution is 5.30. The third-order valence-electron chi connectivity index (χ3n) is 2.63. The third-order valence-corrected chi connectivity index (χ3v) is 2.63. The number of nitrogens with zero attached hydrogens (tertiary/aromatic N) is 3. The lowest BCUT2D eigenvalue weighted by Gasteiger charge is -2.24. The fourth-order valence-electron chi connectivity index (χ4n) is 1.88. The molecule has 0 bridgehead atoms. The first-order chi connectivity index (χ1) is 8.67. The smallest absolute Gasteiger partial charge is 0.144 e. The summed E-state index contributed by atoms with van der Waals surface area (Å²) in [5.74, 6) is 0.587. The molecule has 4 heteroatoms. The van der Waals surface area contributed by atoms with Gasteiger partial charge in [-0.15, -0.1) is 0 Å². The number of methoxy groups -OCH3 is 1. The molecule has 0 N–H and O–H groups in total. The van der Waals surface area contributed by atoms with Gasteiger partial charge in [0.15, 0.2) is 0 Å². The average Bonchev–Trinajstić information content (AvgIpc) is 2.36. The molecule has 1 heterocycles. The molecular formula is C14H21N3O. The van der Waals surface area contributed by atoms with E-state index >= 15 is 0 Å². The second kappa shape index (κ2) is 7.80. The summed E-state index contributed by atoms with van der Waals surface area (Å²) in [4.78, 5) is 6.39. The Morgan fingerprint density at radius 3 is 2.89 bits per heavy atom. The molecule has 1 aromatic heterocycles. The fraction of sp³-hybridized carbons (Fsp3) is 0.571. The Labute approximate surface area is 109 Å². The van der Waals surface area contributed by atoms with Crippen molar-refractivity contribution in [3.8, 4) is 6.07 Å². The van der Waals surface area contributed by atoms with Crippen molar-refractivity contribution in [3.05, 3.63) is 29.6 Å². The Bertz CT molecular complexity index is 398. The van der Waals surface area contributed by atoms with Crippen LogP contribution in [0.4, 0.5) is 0 Å². The largest absolute Gasteiger partial charge is 0.383 e. The average molecular weight is 247 g/mol. The molecule has 0 saturated carbocycles. The number of nitriles is 1. The highest BCUT2D eigenvalue weighted by Gasteiger charge is 2.11. The summed E-state index contributed by atoms with van der Waals surface area (Å²) in [5.41, 5.74) is 1.50. The first kappa shape index (κ1) is 14.6. The van der Waals surface area contributed by atoms with Gasteiger partial charge >= 0.3 is 0 Å². The highest BCUT2D eigenvalue weighted by atomic mass is 16.5. The van der Waals surface area contributed by atoms with E-state index < -0.39 is 0 Å². The van der Waals surface area contributed by atoms with Crippen molar-refractivity contribution in [1.29, 1.82) is 5.26 Å². The van der Waals surface area contributed by atoms with Crippen molar-refractivity contribution in [3.63, 3.8) is 0 Å². The van der Waals surface area contributed by atoms with Gasteiger partial charge in [-0.25, -0.2) is 4.98 Å². The third kappa shape index (κ3) is 4.82. The van der Waals surface area contributed by atoms with Crippen LogP contribution in [0.1, 0.15) is 25.1 Å². The van der Waals surface area contributed by atoms with Crippen LogP contribution in [0.15, 0.2) is 18.3 Å². The lowest BCUT2D eigenvalue weighted by molar-refractivity contribution is 0.136. The Morgan fingerprint density at radius 1 is 1.50 bits per heavy atom. The quantitative estimate of drug-likeness (QED) is 0.740. The van der Waals surface area contributed by atoms with Gasteiger partial charge in [0.25, 0.3) is 0 Å². The molecule has 0 aliphatic heterocycles. The number of hydrogen-bond acceptors (Lipinski definition) is 4. The summed E-state index contributed by atoms with van der Waals surface area (Å²) in [6.45, 7) is 7.69. The van der Waals surface area contributed by atoms with Crippen LogP contribution in [-0.2, 0) is 11.3 Å². The predicted molar refractivity (Wildman–Crippen MR) is 70.9 cm³/mol. The van der Waals surface area contributed by atoms with Gasteiger partial charge in [-0.3, -0.25) is 4.90 Å². The SMILES string of the molecule is COCCN(Cc1cccnc1C#N)CC(C)C. The van der Waals surface area contributed by atoms with E-state index in [2.05, 4.69) is 29.8 Å². The standard InChI is InChI=1S/C14H21N3O/c1-12(2)10-17(7-8-18-3)11-13-5-4-6-16-14(13)9-15/h4-6,12H,7-8,10-11H2,1-3H3. The topological polar surface area (TPSA) is 49.1 Å². The van der Waals surface area contributed by atoms with Crippen molar-refractivity contribution in [2.45, 2.75) is 20.4 Å². The van der Waals surface area contributed by atoms with E-state index in [0.717, 1.165) is 25.2 Å². The summed E-state index contributed by atoms with van der Waals surface area (Å²) in [6.07, 6.45) is 1.66. The molecule has 0 aromatic carbocycles. The van der Waals surface area contributed by atoms with E-state index in [0.29, 0.717) is 18.2 Å². The molecule has 0 spiro atoms. The molecule has 4 nitrogen and oxygen atoms in total. The molecule has 0 aliphatic carbocycles. The second-order valence-corrected chi connectivity index (χ2v) is 4.74. The lowest BCUT2D eigenvalue weighted by atomic mass is 10.1. The van der Waals surface area contributed by atoms with E-state index in [-0.39, 0.29) is 0 Å². The maximum atomic E-state index is 9.03. The zero-order valence-corrected chi connectivity index (χ0v) is 11.4. The Morgan fingerprint density at radius 2 is 2.28 bits per heavy atom. The second-order valence-electron chi connectivity index (χ2n) is 4.74. The van der Waals surface area contributed by atoms with Crippen LogP contribution < -0.4 is 0 Å². The number of ether oxygens (including phenoxy) is 1. The molecule has 0 aliphatic rings. The highest BCUT2D eigenvalue weighted by Crippen LogP contribution is 2.10. The number of pyridine rings is 1. The Balaban J connectivity index is 2.72. The van der Waals surface area contributed by atoms with Crippen LogP contribution in [0.3, 0.4) is 0 Å². The first-order valence-corrected chi connectivity index (χ1v) is 6.22. The fourth-order valence-corrected chi connectivity index (χ4v) is 1.88. The summed E-state index contributed by atoms with van der Waals surface area (Å²) < 4.78 is 5.13. The minimum Gasteiger partial charge on any atom is -0.383 e. The number of aromatic nitrogens is 1. The van der Waals surface area contributed by atoms with Gasteiger partial charge in [-0.2, -0.15) is 5.26 Å². The summed E-state index contributed by atoms with van der Waals surface area (Å²) in [7, 11) is 1.71. The molecule has 0 saturated heterocycles. The first-order valence-electron chi connectivity index (χ1n) is 6.22. The summed E-state index contributed by atoms with van der Waals surface area (Å²) in [5, 5.41) is 9.03. The van der Waals surface area contributed by atoms with Crippen molar-refractivity contribution in [2.24, 2.45) is 5.92 Å². The molecule has 0 radical (unpaired) electrons. The van der Waals surface area contributed by atoms with E-state index in [1.165, 1.54) is 0 Å². The molecule has 0 atom stereocenters. The van der Waals surface area contributed by atoms with Crippen molar-refractivity contribution in [2.75, 3.05) is 26.8 Å². The monoisotopic (exact) mass is 247 g/mol. The molecule has 1 rings (SSSR count). The van der Waals surface area contributed by atoms with Crippen LogP contribution in [0.5, 0.6) is 0 Å². The number of hydrogen-bond donors (Lipinski definition) is 0. The lowest BCUT2D eigenvalue weighted by Crippen LogP contribution is -2.31. The van der Waals surface area contributed by atoms with Gasteiger partial charge in [0, 0.05) is 38.5 Å². The Hall–Kier alpha value is -1.44. The Kier molecular flexibility index (Phi) is 6.34. The van der Waals surface area contributed by atoms with Gasteiger partial charge in [-0.1, -0.05) is 19.9 Å². The van der Waals surface area contributed by atoms with Crippen LogP contribution >= 0.6 is 0 Å². The van der Waals surface area contributed by atoms with Crippen LogP contribution in [0.2, 0.25) is 0 Å².